The van der Waals surface area contributed by atoms with Crippen molar-refractivity contribution in [1.82, 2.24) is 4.98 Å². The van der Waals surface area contributed by atoms with Crippen LogP contribution in [0.4, 0.5) is 0 Å². The molecule has 0 bridgehead atoms. The predicted octanol–water partition coefficient (Wildman–Crippen LogP) is 3.70. The standard InChI is InChI=1S/C12H6Cl3NO3/c13-8-2-1-6(9(14)10(8)15)7-3-5(12(18)19)4-16-11(7)17/h1-4H,(H,16,17)(H,18,19). The van der Waals surface area contributed by atoms with Crippen LogP contribution in [0.5, 0.6) is 0 Å². The number of benzene rings is 1. The van der Waals surface area contributed by atoms with E-state index in [1.165, 1.54) is 18.2 Å². The van der Waals surface area contributed by atoms with Crippen LogP contribution in [0.15, 0.2) is 29.2 Å². The maximum absolute atomic E-state index is 11.8. The van der Waals surface area contributed by atoms with E-state index in [-0.39, 0.29) is 26.2 Å². The van der Waals surface area contributed by atoms with Crippen molar-refractivity contribution in [3.05, 3.63) is 55.4 Å². The van der Waals surface area contributed by atoms with Gasteiger partial charge < -0.3 is 10.1 Å². The molecule has 19 heavy (non-hydrogen) atoms. The summed E-state index contributed by atoms with van der Waals surface area (Å²) in [6.07, 6.45) is 1.11. The highest BCUT2D eigenvalue weighted by molar-refractivity contribution is 6.49. The van der Waals surface area contributed by atoms with Crippen LogP contribution in [0.25, 0.3) is 11.1 Å². The van der Waals surface area contributed by atoms with Crippen LogP contribution < -0.4 is 5.56 Å². The normalized spacial score (nSPS) is 10.5. The maximum Gasteiger partial charge on any atom is 0.337 e. The highest BCUT2D eigenvalue weighted by Gasteiger charge is 2.15. The number of halogens is 3. The number of H-pyrrole nitrogens is 1. The number of aromatic amines is 1. The van der Waals surface area contributed by atoms with Crippen molar-refractivity contribution >= 4 is 40.8 Å². The monoisotopic (exact) mass is 317 g/mol. The molecule has 0 atom stereocenters. The number of aromatic nitrogens is 1. The summed E-state index contributed by atoms with van der Waals surface area (Å²) < 4.78 is 0. The fourth-order valence-corrected chi connectivity index (χ4v) is 2.18. The predicted molar refractivity (Wildman–Crippen MR) is 74.5 cm³/mol. The molecule has 0 fully saturated rings. The average Bonchev–Trinajstić information content (AvgIpc) is 2.37. The molecule has 0 aliphatic rings. The summed E-state index contributed by atoms with van der Waals surface area (Å²) in [7, 11) is 0. The number of carboxylic acids is 1. The molecule has 0 spiro atoms. The first-order valence-electron chi connectivity index (χ1n) is 5.01. The number of rotatable bonds is 2. The highest BCUT2D eigenvalue weighted by atomic mass is 35.5. The molecule has 0 aliphatic carbocycles. The lowest BCUT2D eigenvalue weighted by atomic mass is 10.1. The van der Waals surface area contributed by atoms with E-state index in [9.17, 15) is 9.59 Å². The topological polar surface area (TPSA) is 70.2 Å². The van der Waals surface area contributed by atoms with E-state index in [0.717, 1.165) is 6.20 Å². The van der Waals surface area contributed by atoms with Gasteiger partial charge in [-0.2, -0.15) is 0 Å². The van der Waals surface area contributed by atoms with Crippen LogP contribution in [0.2, 0.25) is 15.1 Å². The summed E-state index contributed by atoms with van der Waals surface area (Å²) in [5.74, 6) is -1.16. The van der Waals surface area contributed by atoms with E-state index < -0.39 is 11.5 Å². The molecule has 2 aromatic rings. The zero-order valence-electron chi connectivity index (χ0n) is 9.21. The Hall–Kier alpha value is -1.49. The fraction of sp³-hybridized carbons (Fsp3) is 0. The van der Waals surface area contributed by atoms with Gasteiger partial charge in [0.2, 0.25) is 0 Å². The highest BCUT2D eigenvalue weighted by Crippen LogP contribution is 2.36. The summed E-state index contributed by atoms with van der Waals surface area (Å²) in [5.41, 5.74) is -0.0917. The zero-order valence-corrected chi connectivity index (χ0v) is 11.5. The van der Waals surface area contributed by atoms with Crippen LogP contribution in [-0.4, -0.2) is 16.1 Å². The van der Waals surface area contributed by atoms with Gasteiger partial charge in [-0.3, -0.25) is 4.79 Å². The second-order valence-electron chi connectivity index (χ2n) is 3.66. The molecule has 1 aromatic carbocycles. The molecule has 98 valence electrons. The molecule has 2 N–H and O–H groups in total. The van der Waals surface area contributed by atoms with Crippen LogP contribution in [0, 0.1) is 0 Å². The Morgan fingerprint density at radius 2 is 1.79 bits per heavy atom. The molecule has 1 heterocycles. The van der Waals surface area contributed by atoms with Crippen molar-refractivity contribution in [1.29, 1.82) is 0 Å². The summed E-state index contributed by atoms with van der Waals surface area (Å²) >= 11 is 17.7. The molecule has 0 radical (unpaired) electrons. The first-order valence-corrected chi connectivity index (χ1v) is 6.15. The molecule has 0 amide bonds. The number of nitrogens with one attached hydrogen (secondary N) is 1. The molecule has 1 aromatic heterocycles. The van der Waals surface area contributed by atoms with Gasteiger partial charge >= 0.3 is 5.97 Å². The minimum absolute atomic E-state index is 0.0586. The van der Waals surface area contributed by atoms with Crippen molar-refractivity contribution in [3.8, 4) is 11.1 Å². The van der Waals surface area contributed by atoms with Gasteiger partial charge in [0.25, 0.3) is 5.56 Å². The average molecular weight is 319 g/mol. The summed E-state index contributed by atoms with van der Waals surface area (Å²) in [6.45, 7) is 0. The first kappa shape index (κ1) is 13.9. The van der Waals surface area contributed by atoms with Crippen molar-refractivity contribution in [3.63, 3.8) is 0 Å². The van der Waals surface area contributed by atoms with Crippen molar-refractivity contribution in [2.24, 2.45) is 0 Å². The Bertz CT molecular complexity index is 725. The molecule has 0 saturated heterocycles. The number of pyridine rings is 1. The Kier molecular flexibility index (Phi) is 3.85. The zero-order chi connectivity index (χ0) is 14.2. The van der Waals surface area contributed by atoms with E-state index in [1.807, 2.05) is 0 Å². The van der Waals surface area contributed by atoms with Gasteiger partial charge in [-0.05, 0) is 12.1 Å². The second kappa shape index (κ2) is 5.25. The van der Waals surface area contributed by atoms with Gasteiger partial charge in [-0.15, -0.1) is 0 Å². The third-order valence-electron chi connectivity index (χ3n) is 2.48. The molecular weight excluding hydrogens is 312 g/mol. The lowest BCUT2D eigenvalue weighted by Crippen LogP contribution is -2.11. The quantitative estimate of drug-likeness (QED) is 0.829. The molecule has 0 saturated carbocycles. The van der Waals surface area contributed by atoms with E-state index in [4.69, 9.17) is 39.9 Å². The van der Waals surface area contributed by atoms with Crippen molar-refractivity contribution < 1.29 is 9.90 Å². The number of hydrogen-bond acceptors (Lipinski definition) is 2. The van der Waals surface area contributed by atoms with Crippen molar-refractivity contribution in [2.75, 3.05) is 0 Å². The smallest absolute Gasteiger partial charge is 0.337 e. The van der Waals surface area contributed by atoms with Crippen LogP contribution in [0.1, 0.15) is 10.4 Å². The summed E-state index contributed by atoms with van der Waals surface area (Å²) in [4.78, 5) is 25.0. The minimum atomic E-state index is -1.16. The van der Waals surface area contributed by atoms with E-state index >= 15 is 0 Å². The molecular formula is C12H6Cl3NO3. The second-order valence-corrected chi connectivity index (χ2v) is 4.82. The van der Waals surface area contributed by atoms with Gasteiger partial charge in [0.1, 0.15) is 0 Å². The van der Waals surface area contributed by atoms with Gasteiger partial charge in [0.15, 0.2) is 0 Å². The van der Waals surface area contributed by atoms with Crippen LogP contribution >= 0.6 is 34.8 Å². The fourth-order valence-electron chi connectivity index (χ4n) is 1.54. The number of aromatic carboxylic acids is 1. The number of hydrogen-bond donors (Lipinski definition) is 2. The third-order valence-corrected chi connectivity index (χ3v) is 3.77. The molecule has 2 rings (SSSR count). The van der Waals surface area contributed by atoms with Gasteiger partial charge in [-0.1, -0.05) is 40.9 Å². The van der Waals surface area contributed by atoms with Crippen LogP contribution in [0.3, 0.4) is 0 Å². The Morgan fingerprint density at radius 1 is 1.11 bits per heavy atom. The van der Waals surface area contributed by atoms with Gasteiger partial charge in [0.05, 0.1) is 20.6 Å². The maximum atomic E-state index is 11.8. The van der Waals surface area contributed by atoms with Gasteiger partial charge in [0, 0.05) is 17.3 Å². The molecule has 4 nitrogen and oxygen atoms in total. The van der Waals surface area contributed by atoms with E-state index in [2.05, 4.69) is 4.98 Å². The minimum Gasteiger partial charge on any atom is -0.478 e. The SMILES string of the molecule is O=C(O)c1c[nH]c(=O)c(-c2ccc(Cl)c(Cl)c2Cl)c1. The summed E-state index contributed by atoms with van der Waals surface area (Å²) in [5, 5.41) is 9.38. The lowest BCUT2D eigenvalue weighted by Gasteiger charge is -2.07. The number of carboxylic acid groups (broad SMARTS) is 1. The lowest BCUT2D eigenvalue weighted by molar-refractivity contribution is 0.0696. The van der Waals surface area contributed by atoms with Gasteiger partial charge in [-0.25, -0.2) is 4.79 Å². The Morgan fingerprint density at radius 3 is 2.42 bits per heavy atom. The molecule has 0 unspecified atom stereocenters. The Labute approximate surface area is 122 Å². The Balaban J connectivity index is 2.72. The largest absolute Gasteiger partial charge is 0.478 e. The molecule has 0 aliphatic heterocycles. The van der Waals surface area contributed by atoms with E-state index in [0.29, 0.717) is 5.56 Å². The third kappa shape index (κ3) is 2.61. The number of carbonyl (C=O) groups is 1. The first-order chi connectivity index (χ1) is 8.91. The molecule has 7 heteroatoms. The van der Waals surface area contributed by atoms with E-state index in [1.54, 1.807) is 0 Å². The van der Waals surface area contributed by atoms with Crippen molar-refractivity contribution in [2.45, 2.75) is 0 Å². The van der Waals surface area contributed by atoms with Crippen LogP contribution in [-0.2, 0) is 0 Å². The summed E-state index contributed by atoms with van der Waals surface area (Å²) in [6, 6.07) is 4.22.